The second kappa shape index (κ2) is 7.06. The first kappa shape index (κ1) is 13.8. The molecule has 1 aromatic rings. The molecule has 1 saturated heterocycles. The lowest BCUT2D eigenvalue weighted by Crippen LogP contribution is -3.14. The molecular weight excluding hydrogens is 248 g/mol. The number of non-ortho nitro benzene ring substituents is 1. The van der Waals surface area contributed by atoms with Gasteiger partial charge < -0.3 is 14.4 Å². The summed E-state index contributed by atoms with van der Waals surface area (Å²) in [4.78, 5) is 11.6. The molecule has 19 heavy (non-hydrogen) atoms. The molecule has 0 unspecified atom stereocenters. The van der Waals surface area contributed by atoms with Gasteiger partial charge in [0.25, 0.3) is 5.69 Å². The van der Waals surface area contributed by atoms with E-state index in [1.165, 1.54) is 12.1 Å². The Morgan fingerprint density at radius 3 is 2.58 bits per heavy atom. The maximum Gasteiger partial charge on any atom is 0.269 e. The van der Waals surface area contributed by atoms with Crippen molar-refractivity contribution in [2.75, 3.05) is 39.5 Å². The topological polar surface area (TPSA) is 66.0 Å². The maximum absolute atomic E-state index is 10.5. The summed E-state index contributed by atoms with van der Waals surface area (Å²) in [5.74, 6) is 0.683. The van der Waals surface area contributed by atoms with Gasteiger partial charge in [0.15, 0.2) is 0 Å². The summed E-state index contributed by atoms with van der Waals surface area (Å²) in [6.45, 7) is 5.55. The molecule has 6 heteroatoms. The molecule has 0 amide bonds. The Labute approximate surface area is 112 Å². The Morgan fingerprint density at radius 2 is 1.95 bits per heavy atom. The molecule has 1 fully saturated rings. The lowest BCUT2D eigenvalue weighted by Gasteiger charge is -2.23. The number of nitro groups is 1. The van der Waals surface area contributed by atoms with Crippen LogP contribution >= 0.6 is 0 Å². The molecule has 104 valence electrons. The average molecular weight is 267 g/mol. The van der Waals surface area contributed by atoms with Crippen LogP contribution in [0, 0.1) is 10.1 Å². The quantitative estimate of drug-likeness (QED) is 0.457. The molecule has 1 aliphatic rings. The van der Waals surface area contributed by atoms with E-state index in [-0.39, 0.29) is 5.69 Å². The van der Waals surface area contributed by atoms with E-state index < -0.39 is 4.92 Å². The number of benzene rings is 1. The molecule has 0 aliphatic carbocycles. The van der Waals surface area contributed by atoms with Gasteiger partial charge in [-0.1, -0.05) is 0 Å². The zero-order chi connectivity index (χ0) is 13.5. The minimum Gasteiger partial charge on any atom is -0.493 e. The number of quaternary nitrogens is 1. The molecule has 6 nitrogen and oxygen atoms in total. The Hall–Kier alpha value is -1.66. The van der Waals surface area contributed by atoms with Gasteiger partial charge in [0.2, 0.25) is 0 Å². The van der Waals surface area contributed by atoms with E-state index in [4.69, 9.17) is 9.47 Å². The Morgan fingerprint density at radius 1 is 1.26 bits per heavy atom. The molecular formula is C13H19N2O4+. The predicted octanol–water partition coefficient (Wildman–Crippen LogP) is 0.279. The van der Waals surface area contributed by atoms with E-state index >= 15 is 0 Å². The summed E-state index contributed by atoms with van der Waals surface area (Å²) in [5, 5.41) is 10.5. The third kappa shape index (κ3) is 4.50. The van der Waals surface area contributed by atoms with Crippen LogP contribution in [-0.4, -0.2) is 44.4 Å². The van der Waals surface area contributed by atoms with Gasteiger partial charge in [-0.3, -0.25) is 10.1 Å². The highest BCUT2D eigenvalue weighted by Gasteiger charge is 2.12. The maximum atomic E-state index is 10.5. The lowest BCUT2D eigenvalue weighted by atomic mass is 10.3. The van der Waals surface area contributed by atoms with E-state index in [1.807, 2.05) is 0 Å². The number of nitrogens with one attached hydrogen (secondary N) is 1. The van der Waals surface area contributed by atoms with Gasteiger partial charge in [-0.05, 0) is 12.1 Å². The third-order valence-electron chi connectivity index (χ3n) is 3.19. The van der Waals surface area contributed by atoms with Gasteiger partial charge in [0.05, 0.1) is 31.3 Å². The molecule has 0 atom stereocenters. The summed E-state index contributed by atoms with van der Waals surface area (Å²) in [6, 6.07) is 6.20. The number of morpholine rings is 1. The summed E-state index contributed by atoms with van der Waals surface area (Å²) >= 11 is 0. The highest BCUT2D eigenvalue weighted by molar-refractivity contribution is 5.35. The monoisotopic (exact) mass is 267 g/mol. The van der Waals surface area contributed by atoms with Gasteiger partial charge in [-0.15, -0.1) is 0 Å². The van der Waals surface area contributed by atoms with Crippen LogP contribution in [0.4, 0.5) is 5.69 Å². The predicted molar refractivity (Wildman–Crippen MR) is 69.6 cm³/mol. The van der Waals surface area contributed by atoms with Crippen molar-refractivity contribution in [1.29, 1.82) is 0 Å². The van der Waals surface area contributed by atoms with E-state index in [9.17, 15) is 10.1 Å². The van der Waals surface area contributed by atoms with Gasteiger partial charge >= 0.3 is 0 Å². The van der Waals surface area contributed by atoms with Crippen LogP contribution in [0.5, 0.6) is 5.75 Å². The van der Waals surface area contributed by atoms with Gasteiger partial charge in [-0.2, -0.15) is 0 Å². The fourth-order valence-corrected chi connectivity index (χ4v) is 2.09. The number of hydrogen-bond acceptors (Lipinski definition) is 4. The molecule has 0 bridgehead atoms. The van der Waals surface area contributed by atoms with Gasteiger partial charge in [0.1, 0.15) is 18.8 Å². The highest BCUT2D eigenvalue weighted by Crippen LogP contribution is 2.17. The zero-order valence-electron chi connectivity index (χ0n) is 10.8. The fourth-order valence-electron chi connectivity index (χ4n) is 2.09. The fraction of sp³-hybridized carbons (Fsp3) is 0.538. The SMILES string of the molecule is O=[N+]([O-])c1ccc(OCCC[NH+]2CCOCC2)cc1. The van der Waals surface area contributed by atoms with Crippen molar-refractivity contribution in [1.82, 2.24) is 0 Å². The van der Waals surface area contributed by atoms with Crippen LogP contribution in [0.1, 0.15) is 6.42 Å². The van der Waals surface area contributed by atoms with Gasteiger partial charge in [0, 0.05) is 18.6 Å². The first-order chi connectivity index (χ1) is 9.25. The average Bonchev–Trinajstić information content (AvgIpc) is 2.45. The standard InChI is InChI=1S/C13H18N2O4/c16-15(17)12-2-4-13(5-3-12)19-9-1-6-14-7-10-18-11-8-14/h2-5H,1,6-11H2/p+1. The Kier molecular flexibility index (Phi) is 5.11. The second-order valence-corrected chi connectivity index (χ2v) is 4.57. The van der Waals surface area contributed by atoms with Crippen molar-refractivity contribution in [2.24, 2.45) is 0 Å². The number of rotatable bonds is 6. The highest BCUT2D eigenvalue weighted by atomic mass is 16.6. The lowest BCUT2D eigenvalue weighted by molar-refractivity contribution is -0.908. The number of ether oxygens (including phenoxy) is 2. The molecule has 1 heterocycles. The van der Waals surface area contributed by atoms with Crippen molar-refractivity contribution in [3.8, 4) is 5.75 Å². The molecule has 2 rings (SSSR count). The molecule has 0 radical (unpaired) electrons. The number of hydrogen-bond donors (Lipinski definition) is 1. The van der Waals surface area contributed by atoms with E-state index in [1.54, 1.807) is 17.0 Å². The Bertz CT molecular complexity index is 402. The van der Waals surface area contributed by atoms with E-state index in [2.05, 4.69) is 0 Å². The van der Waals surface area contributed by atoms with Crippen LogP contribution in [0.2, 0.25) is 0 Å². The summed E-state index contributed by atoms with van der Waals surface area (Å²) < 4.78 is 10.9. The molecule has 1 aliphatic heterocycles. The van der Waals surface area contributed by atoms with Crippen molar-refractivity contribution < 1.29 is 19.3 Å². The smallest absolute Gasteiger partial charge is 0.269 e. The van der Waals surface area contributed by atoms with E-state index in [0.29, 0.717) is 12.4 Å². The van der Waals surface area contributed by atoms with Crippen LogP contribution < -0.4 is 9.64 Å². The van der Waals surface area contributed by atoms with Crippen LogP contribution in [0.3, 0.4) is 0 Å². The van der Waals surface area contributed by atoms with Crippen molar-refractivity contribution >= 4 is 5.69 Å². The van der Waals surface area contributed by atoms with Crippen LogP contribution in [0.25, 0.3) is 0 Å². The first-order valence-electron chi connectivity index (χ1n) is 6.54. The zero-order valence-corrected chi connectivity index (χ0v) is 10.8. The molecule has 0 saturated carbocycles. The summed E-state index contributed by atoms with van der Waals surface area (Å²) in [7, 11) is 0. The Balaban J connectivity index is 1.66. The summed E-state index contributed by atoms with van der Waals surface area (Å²) in [5.41, 5.74) is 0.0881. The second-order valence-electron chi connectivity index (χ2n) is 4.57. The largest absolute Gasteiger partial charge is 0.493 e. The molecule has 1 aromatic carbocycles. The minimum absolute atomic E-state index is 0.0881. The van der Waals surface area contributed by atoms with Crippen molar-refractivity contribution in [2.45, 2.75) is 6.42 Å². The van der Waals surface area contributed by atoms with Crippen molar-refractivity contribution in [3.63, 3.8) is 0 Å². The van der Waals surface area contributed by atoms with Crippen molar-refractivity contribution in [3.05, 3.63) is 34.4 Å². The third-order valence-corrected chi connectivity index (χ3v) is 3.19. The summed E-state index contributed by atoms with van der Waals surface area (Å²) in [6.07, 6.45) is 0.978. The van der Waals surface area contributed by atoms with Crippen LogP contribution in [0.15, 0.2) is 24.3 Å². The molecule has 0 aromatic heterocycles. The first-order valence-corrected chi connectivity index (χ1v) is 6.54. The number of nitro benzene ring substituents is 1. The minimum atomic E-state index is -0.411. The number of nitrogens with zero attached hydrogens (tertiary/aromatic N) is 1. The molecule has 0 spiro atoms. The molecule has 1 N–H and O–H groups in total. The van der Waals surface area contributed by atoms with Gasteiger partial charge in [-0.25, -0.2) is 0 Å². The normalized spacial score (nSPS) is 16.2. The van der Waals surface area contributed by atoms with E-state index in [0.717, 1.165) is 39.3 Å². The van der Waals surface area contributed by atoms with Crippen LogP contribution in [-0.2, 0) is 4.74 Å².